The third-order valence-corrected chi connectivity index (χ3v) is 6.29. The monoisotopic (exact) mass is 446 g/mol. The van der Waals surface area contributed by atoms with E-state index in [4.69, 9.17) is 0 Å². The van der Waals surface area contributed by atoms with E-state index in [1.165, 1.54) is 83.5 Å². The number of quaternary nitrogens is 1. The van der Waals surface area contributed by atoms with Gasteiger partial charge in [-0.2, -0.15) is 9.28 Å². The Balaban J connectivity index is 0.00000841. The van der Waals surface area contributed by atoms with Crippen LogP contribution in [0, 0.1) is 0 Å². The Bertz CT molecular complexity index is 473. The molecule has 1 aliphatic heterocycles. The molecule has 0 aromatic carbocycles. The van der Waals surface area contributed by atoms with E-state index in [1.54, 1.807) is 0 Å². The minimum Gasteiger partial charge on any atom is -1.00 e. The molecule has 0 fully saturated rings. The molecule has 0 saturated heterocycles. The van der Waals surface area contributed by atoms with Gasteiger partial charge in [-0.25, -0.2) is 4.99 Å². The lowest BCUT2D eigenvalue weighted by Gasteiger charge is -2.28. The van der Waals surface area contributed by atoms with Crippen molar-refractivity contribution in [2.45, 2.75) is 123 Å². The van der Waals surface area contributed by atoms with Gasteiger partial charge >= 0.3 is 6.09 Å². The maximum atomic E-state index is 11.8. The van der Waals surface area contributed by atoms with Gasteiger partial charge in [0.2, 0.25) is 5.84 Å². The van der Waals surface area contributed by atoms with Crippen molar-refractivity contribution >= 4 is 11.9 Å². The lowest BCUT2D eigenvalue weighted by atomic mass is 10.0. The Labute approximate surface area is 191 Å². The highest BCUT2D eigenvalue weighted by atomic mass is 35.5. The summed E-state index contributed by atoms with van der Waals surface area (Å²) in [6, 6.07) is 0.0315. The third-order valence-electron chi connectivity index (χ3n) is 6.29. The maximum absolute atomic E-state index is 11.8. The standard InChI is InChI=1S/C24H46N2O3.ClH/c1-3-4-5-6-7-8-9-10-11-12-13-14-15-16-17-18-23-25-22(2)21-26(23,19-20-27)24(28)29;/h22,27H,3-21H2,1-2H3;1H. The third kappa shape index (κ3) is 11.1. The molecule has 1 amide bonds. The normalized spacial score (nSPS) is 20.8. The van der Waals surface area contributed by atoms with Gasteiger partial charge in [-0.1, -0.05) is 96.8 Å². The molecule has 0 spiro atoms. The highest BCUT2D eigenvalue weighted by Gasteiger charge is 2.47. The molecule has 2 N–H and O–H groups in total. The maximum Gasteiger partial charge on any atom is 0.519 e. The number of hydrogen-bond acceptors (Lipinski definition) is 3. The van der Waals surface area contributed by atoms with Gasteiger partial charge in [-0.3, -0.25) is 0 Å². The quantitative estimate of drug-likeness (QED) is 0.250. The van der Waals surface area contributed by atoms with Gasteiger partial charge in [0, 0.05) is 6.42 Å². The van der Waals surface area contributed by atoms with E-state index in [9.17, 15) is 15.0 Å². The van der Waals surface area contributed by atoms with Crippen LogP contribution in [0.5, 0.6) is 0 Å². The fraction of sp³-hybridized carbons (Fsp3) is 0.917. The molecule has 5 nitrogen and oxygen atoms in total. The average molecular weight is 447 g/mol. The predicted molar refractivity (Wildman–Crippen MR) is 122 cm³/mol. The van der Waals surface area contributed by atoms with Crippen molar-refractivity contribution in [1.82, 2.24) is 0 Å². The smallest absolute Gasteiger partial charge is 0.519 e. The largest absolute Gasteiger partial charge is 1.00 e. The lowest BCUT2D eigenvalue weighted by molar-refractivity contribution is -0.763. The fourth-order valence-electron chi connectivity index (χ4n) is 4.57. The van der Waals surface area contributed by atoms with E-state index in [2.05, 4.69) is 11.9 Å². The summed E-state index contributed by atoms with van der Waals surface area (Å²) in [5.41, 5.74) is 0. The molecule has 6 heteroatoms. The van der Waals surface area contributed by atoms with E-state index in [0.29, 0.717) is 6.54 Å². The van der Waals surface area contributed by atoms with Gasteiger partial charge < -0.3 is 22.6 Å². The molecule has 30 heavy (non-hydrogen) atoms. The topological polar surface area (TPSA) is 69.9 Å². The van der Waals surface area contributed by atoms with Gasteiger partial charge in [-0.15, -0.1) is 0 Å². The summed E-state index contributed by atoms with van der Waals surface area (Å²) >= 11 is 0. The first-order valence-corrected chi connectivity index (χ1v) is 12.4. The van der Waals surface area contributed by atoms with Crippen LogP contribution in [-0.4, -0.2) is 52.4 Å². The Morgan fingerprint density at radius 3 is 1.73 bits per heavy atom. The first kappa shape index (κ1) is 29.4. The molecule has 1 aliphatic rings. The second-order valence-corrected chi connectivity index (χ2v) is 8.97. The van der Waals surface area contributed by atoms with Crippen LogP contribution in [0.2, 0.25) is 0 Å². The Morgan fingerprint density at radius 1 is 0.900 bits per heavy atom. The Morgan fingerprint density at radius 2 is 1.33 bits per heavy atom. The first-order valence-electron chi connectivity index (χ1n) is 12.4. The van der Waals surface area contributed by atoms with E-state index < -0.39 is 6.09 Å². The summed E-state index contributed by atoms with van der Waals surface area (Å²) in [5, 5.41) is 19.0. The molecule has 0 aliphatic carbocycles. The molecule has 1 rings (SSSR count). The molecule has 2 atom stereocenters. The van der Waals surface area contributed by atoms with Crippen molar-refractivity contribution in [1.29, 1.82) is 0 Å². The molecule has 0 bridgehead atoms. The van der Waals surface area contributed by atoms with Crippen LogP contribution in [0.1, 0.15) is 117 Å². The number of carbonyl (C=O) groups is 1. The van der Waals surface area contributed by atoms with Crippen LogP contribution in [0.3, 0.4) is 0 Å². The van der Waals surface area contributed by atoms with Crippen LogP contribution in [-0.2, 0) is 0 Å². The number of aliphatic hydroxyl groups excluding tert-OH is 1. The van der Waals surface area contributed by atoms with Crippen LogP contribution in [0.4, 0.5) is 4.79 Å². The van der Waals surface area contributed by atoms with Crippen LogP contribution in [0.25, 0.3) is 0 Å². The van der Waals surface area contributed by atoms with E-state index >= 15 is 0 Å². The molecular formula is C24H47ClN2O3. The first-order chi connectivity index (χ1) is 14.1. The zero-order valence-corrected chi connectivity index (χ0v) is 20.3. The number of halogens is 1. The second-order valence-electron chi connectivity index (χ2n) is 8.97. The number of nitrogens with zero attached hydrogens (tertiary/aromatic N) is 2. The van der Waals surface area contributed by atoms with Crippen LogP contribution in [0.15, 0.2) is 4.99 Å². The van der Waals surface area contributed by atoms with E-state index in [-0.39, 0.29) is 36.1 Å². The lowest BCUT2D eigenvalue weighted by Crippen LogP contribution is -3.00. The minimum atomic E-state index is -0.872. The molecule has 0 aromatic heterocycles. The number of unbranched alkanes of at least 4 members (excludes halogenated alkanes) is 14. The van der Waals surface area contributed by atoms with Crippen molar-refractivity contribution in [3.05, 3.63) is 0 Å². The summed E-state index contributed by atoms with van der Waals surface area (Å²) in [4.78, 5) is 16.4. The Hall–Kier alpha value is -0.650. The highest BCUT2D eigenvalue weighted by Crippen LogP contribution is 2.24. The molecule has 0 radical (unpaired) electrons. The summed E-state index contributed by atoms with van der Waals surface area (Å²) in [6.07, 6.45) is 19.8. The van der Waals surface area contributed by atoms with Gasteiger partial charge in [0.25, 0.3) is 0 Å². The molecule has 0 aromatic rings. The number of rotatable bonds is 18. The van der Waals surface area contributed by atoms with Crippen molar-refractivity contribution in [3.8, 4) is 0 Å². The molecule has 1 heterocycles. The number of amidine groups is 1. The minimum absolute atomic E-state index is 0. The van der Waals surface area contributed by atoms with Gasteiger partial charge in [0.15, 0.2) is 0 Å². The molecular weight excluding hydrogens is 400 g/mol. The Kier molecular flexibility index (Phi) is 17.6. The van der Waals surface area contributed by atoms with Crippen molar-refractivity contribution in [2.24, 2.45) is 4.99 Å². The molecule has 2 unspecified atom stereocenters. The van der Waals surface area contributed by atoms with E-state index in [0.717, 1.165) is 25.1 Å². The van der Waals surface area contributed by atoms with Crippen LogP contribution >= 0.6 is 0 Å². The SMILES string of the molecule is CCCCCCCCCCCCCCCCCC1=NC(C)C[N+]1(CCO)C(=O)O.[Cl-]. The summed E-state index contributed by atoms with van der Waals surface area (Å²) in [6.45, 7) is 4.83. The number of carboxylic acid groups (broad SMARTS) is 1. The number of hydrogen-bond donors (Lipinski definition) is 2. The van der Waals surface area contributed by atoms with Gasteiger partial charge in [0.1, 0.15) is 19.1 Å². The summed E-state index contributed by atoms with van der Waals surface area (Å²) in [7, 11) is 0. The number of aliphatic imine (C=N–C) groups is 1. The predicted octanol–water partition coefficient (Wildman–Crippen LogP) is 3.54. The second kappa shape index (κ2) is 18.0. The summed E-state index contributed by atoms with van der Waals surface area (Å²) < 4.78 is -0.156. The van der Waals surface area contributed by atoms with E-state index in [1.807, 2.05) is 6.92 Å². The zero-order valence-electron chi connectivity index (χ0n) is 19.6. The zero-order chi connectivity index (χ0) is 21.4. The average Bonchev–Trinajstić information content (AvgIpc) is 3.01. The van der Waals surface area contributed by atoms with Crippen molar-refractivity contribution in [2.75, 3.05) is 19.7 Å². The van der Waals surface area contributed by atoms with Crippen molar-refractivity contribution in [3.63, 3.8) is 0 Å². The fourth-order valence-corrected chi connectivity index (χ4v) is 4.57. The van der Waals surface area contributed by atoms with Gasteiger partial charge in [0.05, 0.1) is 6.61 Å². The van der Waals surface area contributed by atoms with Crippen LogP contribution < -0.4 is 12.4 Å². The van der Waals surface area contributed by atoms with Gasteiger partial charge in [-0.05, 0) is 13.3 Å². The molecule has 178 valence electrons. The van der Waals surface area contributed by atoms with Crippen molar-refractivity contribution < 1.29 is 31.9 Å². The number of amides is 1. The number of aliphatic hydroxyl groups is 1. The summed E-state index contributed by atoms with van der Waals surface area (Å²) in [5.74, 6) is 0.758. The molecule has 0 saturated carbocycles. The highest BCUT2D eigenvalue weighted by molar-refractivity contribution is 5.86.